The maximum Gasteiger partial charge on any atom is 0.0380 e. The molecule has 1 N–H and O–H groups in total. The van der Waals surface area contributed by atoms with E-state index in [1.165, 1.54) is 16.8 Å². The van der Waals surface area contributed by atoms with Crippen LogP contribution in [0.2, 0.25) is 0 Å². The van der Waals surface area contributed by atoms with Gasteiger partial charge in [0.2, 0.25) is 0 Å². The molecular formula is C14H23N. The van der Waals surface area contributed by atoms with Crippen LogP contribution in [0.5, 0.6) is 0 Å². The van der Waals surface area contributed by atoms with Crippen molar-refractivity contribution in [2.45, 2.75) is 46.5 Å². The Bertz CT molecular complexity index is 321. The topological polar surface area (TPSA) is 12.0 Å². The van der Waals surface area contributed by atoms with Crippen molar-refractivity contribution in [1.29, 1.82) is 0 Å². The highest BCUT2D eigenvalue weighted by atomic mass is 14.9. The van der Waals surface area contributed by atoms with E-state index in [0.29, 0.717) is 0 Å². The third-order valence-electron chi connectivity index (χ3n) is 2.55. The Kier molecular flexibility index (Phi) is 3.78. The molecule has 84 valence electrons. The van der Waals surface area contributed by atoms with Gasteiger partial charge in [0.25, 0.3) is 0 Å². The van der Waals surface area contributed by atoms with Crippen molar-refractivity contribution in [2.24, 2.45) is 0 Å². The van der Waals surface area contributed by atoms with E-state index in [1.807, 2.05) is 0 Å². The smallest absolute Gasteiger partial charge is 0.0380 e. The lowest BCUT2D eigenvalue weighted by molar-refractivity contribution is 0.591. The highest BCUT2D eigenvalue weighted by Gasteiger charge is 2.17. The molecule has 1 nitrogen and oxygen atoms in total. The molecule has 0 spiro atoms. The minimum Gasteiger partial charge on any atom is -0.385 e. The summed E-state index contributed by atoms with van der Waals surface area (Å²) in [5.41, 5.74) is 4.23. The van der Waals surface area contributed by atoms with Crippen molar-refractivity contribution in [3.8, 4) is 0 Å². The van der Waals surface area contributed by atoms with Gasteiger partial charge in [-0.2, -0.15) is 0 Å². The van der Waals surface area contributed by atoms with Crippen LogP contribution in [-0.4, -0.2) is 6.54 Å². The van der Waals surface area contributed by atoms with Crippen LogP contribution in [0.15, 0.2) is 18.2 Å². The summed E-state index contributed by atoms with van der Waals surface area (Å²) in [4.78, 5) is 0. The Morgan fingerprint density at radius 2 is 1.87 bits per heavy atom. The zero-order valence-corrected chi connectivity index (χ0v) is 10.6. The van der Waals surface area contributed by atoms with Crippen LogP contribution in [0.25, 0.3) is 0 Å². The van der Waals surface area contributed by atoms with Crippen LogP contribution in [-0.2, 0) is 5.41 Å². The van der Waals surface area contributed by atoms with Crippen LogP contribution >= 0.6 is 0 Å². The lowest BCUT2D eigenvalue weighted by Gasteiger charge is -2.24. The molecule has 0 aliphatic carbocycles. The van der Waals surface area contributed by atoms with Gasteiger partial charge in [0.05, 0.1) is 0 Å². The van der Waals surface area contributed by atoms with Gasteiger partial charge in [-0.25, -0.2) is 0 Å². The molecule has 0 saturated heterocycles. The molecule has 0 aliphatic rings. The first-order chi connectivity index (χ1) is 6.95. The fraction of sp³-hybridized carbons (Fsp3) is 0.571. The number of nitrogens with one attached hydrogen (secondary N) is 1. The van der Waals surface area contributed by atoms with Gasteiger partial charge >= 0.3 is 0 Å². The number of aryl methyl sites for hydroxylation is 1. The van der Waals surface area contributed by atoms with Crippen LogP contribution in [0.1, 0.15) is 45.2 Å². The number of rotatable bonds is 3. The number of benzene rings is 1. The molecule has 1 aromatic rings. The summed E-state index contributed by atoms with van der Waals surface area (Å²) in [5, 5.41) is 3.51. The zero-order valence-electron chi connectivity index (χ0n) is 10.6. The van der Waals surface area contributed by atoms with Crippen LogP contribution in [0.4, 0.5) is 5.69 Å². The third kappa shape index (κ3) is 3.26. The molecule has 0 radical (unpaired) electrons. The summed E-state index contributed by atoms with van der Waals surface area (Å²) in [5.74, 6) is 0. The maximum absolute atomic E-state index is 3.51. The molecule has 15 heavy (non-hydrogen) atoms. The van der Waals surface area contributed by atoms with Gasteiger partial charge in [-0.3, -0.25) is 0 Å². The number of hydrogen-bond acceptors (Lipinski definition) is 1. The molecule has 0 bridgehead atoms. The Hall–Kier alpha value is -0.980. The lowest BCUT2D eigenvalue weighted by atomic mass is 9.85. The SMILES string of the molecule is CCCNc1cc(C)ccc1C(C)(C)C. The normalized spacial score (nSPS) is 11.5. The van der Waals surface area contributed by atoms with Gasteiger partial charge in [-0.1, -0.05) is 39.8 Å². The summed E-state index contributed by atoms with van der Waals surface area (Å²) < 4.78 is 0. The molecule has 0 saturated carbocycles. The highest BCUT2D eigenvalue weighted by Crippen LogP contribution is 2.30. The van der Waals surface area contributed by atoms with Crippen molar-refractivity contribution in [3.63, 3.8) is 0 Å². The molecular weight excluding hydrogens is 182 g/mol. The second-order valence-electron chi connectivity index (χ2n) is 5.23. The van der Waals surface area contributed by atoms with E-state index in [1.54, 1.807) is 0 Å². The Morgan fingerprint density at radius 1 is 1.20 bits per heavy atom. The van der Waals surface area contributed by atoms with Crippen molar-refractivity contribution in [1.82, 2.24) is 0 Å². The van der Waals surface area contributed by atoms with E-state index in [-0.39, 0.29) is 5.41 Å². The Balaban J connectivity index is 3.03. The Morgan fingerprint density at radius 3 is 2.40 bits per heavy atom. The largest absolute Gasteiger partial charge is 0.385 e. The molecule has 0 fully saturated rings. The van der Waals surface area contributed by atoms with Crippen LogP contribution < -0.4 is 5.32 Å². The average molecular weight is 205 g/mol. The van der Waals surface area contributed by atoms with Gasteiger partial charge < -0.3 is 5.32 Å². The van der Waals surface area contributed by atoms with E-state index in [2.05, 4.69) is 58.1 Å². The minimum atomic E-state index is 0.212. The quantitative estimate of drug-likeness (QED) is 0.783. The second kappa shape index (κ2) is 4.69. The molecule has 0 aromatic heterocycles. The van der Waals surface area contributed by atoms with Gasteiger partial charge in [-0.05, 0) is 36.0 Å². The summed E-state index contributed by atoms with van der Waals surface area (Å²) in [6.07, 6.45) is 1.16. The maximum atomic E-state index is 3.51. The van der Waals surface area contributed by atoms with Crippen molar-refractivity contribution in [3.05, 3.63) is 29.3 Å². The molecule has 0 atom stereocenters. The lowest BCUT2D eigenvalue weighted by Crippen LogP contribution is -2.15. The summed E-state index contributed by atoms with van der Waals surface area (Å²) >= 11 is 0. The Labute approximate surface area is 93.9 Å². The molecule has 1 aromatic carbocycles. The average Bonchev–Trinajstić information content (AvgIpc) is 2.12. The van der Waals surface area contributed by atoms with E-state index in [4.69, 9.17) is 0 Å². The minimum absolute atomic E-state index is 0.212. The van der Waals surface area contributed by atoms with Gasteiger partial charge in [0, 0.05) is 12.2 Å². The summed E-state index contributed by atoms with van der Waals surface area (Å²) in [7, 11) is 0. The van der Waals surface area contributed by atoms with E-state index in [9.17, 15) is 0 Å². The molecule has 1 heteroatoms. The number of hydrogen-bond donors (Lipinski definition) is 1. The summed E-state index contributed by atoms with van der Waals surface area (Å²) in [6, 6.07) is 6.68. The second-order valence-corrected chi connectivity index (χ2v) is 5.23. The van der Waals surface area contributed by atoms with Crippen LogP contribution in [0.3, 0.4) is 0 Å². The predicted octanol–water partition coefficient (Wildman–Crippen LogP) is 4.11. The van der Waals surface area contributed by atoms with Crippen molar-refractivity contribution >= 4 is 5.69 Å². The van der Waals surface area contributed by atoms with E-state index >= 15 is 0 Å². The molecule has 0 amide bonds. The van der Waals surface area contributed by atoms with Gasteiger partial charge in [0.1, 0.15) is 0 Å². The van der Waals surface area contributed by atoms with Gasteiger partial charge in [-0.15, -0.1) is 0 Å². The van der Waals surface area contributed by atoms with Gasteiger partial charge in [0.15, 0.2) is 0 Å². The molecule has 0 heterocycles. The highest BCUT2D eigenvalue weighted by molar-refractivity contribution is 5.55. The fourth-order valence-electron chi connectivity index (χ4n) is 1.72. The first-order valence-electron chi connectivity index (χ1n) is 5.80. The van der Waals surface area contributed by atoms with Crippen molar-refractivity contribution in [2.75, 3.05) is 11.9 Å². The van der Waals surface area contributed by atoms with Crippen LogP contribution in [0, 0.1) is 6.92 Å². The van der Waals surface area contributed by atoms with E-state index in [0.717, 1.165) is 13.0 Å². The first-order valence-corrected chi connectivity index (χ1v) is 5.80. The summed E-state index contributed by atoms with van der Waals surface area (Å²) in [6.45, 7) is 12.2. The van der Waals surface area contributed by atoms with Crippen molar-refractivity contribution < 1.29 is 0 Å². The predicted molar refractivity (Wildman–Crippen MR) is 68.7 cm³/mol. The fourth-order valence-corrected chi connectivity index (χ4v) is 1.72. The number of anilines is 1. The molecule has 0 unspecified atom stereocenters. The zero-order chi connectivity index (χ0) is 11.5. The standard InChI is InChI=1S/C14H23N/c1-6-9-15-13-10-11(2)7-8-12(13)14(3,4)5/h7-8,10,15H,6,9H2,1-5H3. The third-order valence-corrected chi connectivity index (χ3v) is 2.55. The molecule has 1 rings (SSSR count). The molecule has 0 aliphatic heterocycles. The first kappa shape index (κ1) is 12.1. The monoisotopic (exact) mass is 205 g/mol. The van der Waals surface area contributed by atoms with E-state index < -0.39 is 0 Å².